The standard InChI is InChI=1S/C28H35N3O4/c1-17-5-4-6-22-23(17)28(2,3)16-31(26(33)19-9-7-18(15-29)8-10-19)24(22)25(32)30-21-13-11-20(12-14-21)27(34)35/h4-6,11-14,18-19,24H,7-10,15-16,29H2,1-3H3,(H,30,32)(H,34,35). The molecular weight excluding hydrogens is 442 g/mol. The van der Waals surface area contributed by atoms with E-state index in [1.54, 1.807) is 17.0 Å². The number of carbonyl (C=O) groups is 3. The molecule has 1 fully saturated rings. The van der Waals surface area contributed by atoms with E-state index in [0.29, 0.717) is 24.7 Å². The number of carboxylic acid groups (broad SMARTS) is 1. The molecule has 1 saturated carbocycles. The zero-order valence-electron chi connectivity index (χ0n) is 20.7. The van der Waals surface area contributed by atoms with Crippen molar-refractivity contribution in [2.24, 2.45) is 17.6 Å². The quantitative estimate of drug-likeness (QED) is 0.596. The molecule has 0 aromatic heterocycles. The van der Waals surface area contributed by atoms with Gasteiger partial charge in [-0.2, -0.15) is 0 Å². The minimum Gasteiger partial charge on any atom is -0.478 e. The van der Waals surface area contributed by atoms with E-state index < -0.39 is 12.0 Å². The summed E-state index contributed by atoms with van der Waals surface area (Å²) in [4.78, 5) is 40.6. The molecule has 0 bridgehead atoms. The molecule has 0 saturated heterocycles. The van der Waals surface area contributed by atoms with Crippen molar-refractivity contribution in [1.29, 1.82) is 0 Å². The molecule has 186 valence electrons. The molecule has 1 heterocycles. The lowest BCUT2D eigenvalue weighted by atomic mass is 9.72. The summed E-state index contributed by atoms with van der Waals surface area (Å²) in [6.07, 6.45) is 3.46. The number of nitrogens with zero attached hydrogens (tertiary/aromatic N) is 1. The highest BCUT2D eigenvalue weighted by atomic mass is 16.4. The molecule has 7 heteroatoms. The van der Waals surface area contributed by atoms with Crippen LogP contribution in [0.1, 0.15) is 72.6 Å². The third kappa shape index (κ3) is 4.96. The summed E-state index contributed by atoms with van der Waals surface area (Å²) >= 11 is 0. The van der Waals surface area contributed by atoms with Crippen molar-refractivity contribution in [3.05, 3.63) is 64.7 Å². The van der Waals surface area contributed by atoms with Gasteiger partial charge in [-0.1, -0.05) is 32.0 Å². The van der Waals surface area contributed by atoms with Crippen LogP contribution in [-0.2, 0) is 15.0 Å². The summed E-state index contributed by atoms with van der Waals surface area (Å²) in [5.41, 5.74) is 9.26. The number of nitrogens with two attached hydrogens (primary N) is 1. The van der Waals surface area contributed by atoms with Gasteiger partial charge in [0.1, 0.15) is 6.04 Å². The van der Waals surface area contributed by atoms with Crippen molar-refractivity contribution in [2.45, 2.75) is 57.9 Å². The Morgan fingerprint density at radius 1 is 1.06 bits per heavy atom. The first-order chi connectivity index (χ1) is 16.6. The Labute approximate surface area is 206 Å². The van der Waals surface area contributed by atoms with Gasteiger partial charge in [-0.15, -0.1) is 0 Å². The smallest absolute Gasteiger partial charge is 0.335 e. The topological polar surface area (TPSA) is 113 Å². The summed E-state index contributed by atoms with van der Waals surface area (Å²) in [5.74, 6) is -0.928. The number of amides is 2. The Kier molecular flexibility index (Phi) is 6.99. The maximum absolute atomic E-state index is 13.9. The lowest BCUT2D eigenvalue weighted by Gasteiger charge is -2.46. The molecule has 2 amide bonds. The number of rotatable bonds is 5. The summed E-state index contributed by atoms with van der Waals surface area (Å²) in [6.45, 7) is 7.41. The van der Waals surface area contributed by atoms with Gasteiger partial charge in [-0.25, -0.2) is 4.79 Å². The molecule has 35 heavy (non-hydrogen) atoms. The SMILES string of the molecule is Cc1cccc2c1C(C)(C)CN(C(=O)C1CCC(CN)CC1)C2C(=O)Nc1ccc(C(=O)O)cc1. The Balaban J connectivity index is 1.68. The number of nitrogens with one attached hydrogen (secondary N) is 1. The van der Waals surface area contributed by atoms with E-state index in [-0.39, 0.29) is 28.7 Å². The van der Waals surface area contributed by atoms with Gasteiger partial charge in [0.25, 0.3) is 5.91 Å². The zero-order valence-corrected chi connectivity index (χ0v) is 20.7. The second-order valence-electron chi connectivity index (χ2n) is 10.6. The van der Waals surface area contributed by atoms with Crippen LogP contribution in [0, 0.1) is 18.8 Å². The molecule has 1 aliphatic heterocycles. The summed E-state index contributed by atoms with van der Waals surface area (Å²) in [6, 6.07) is 11.2. The van der Waals surface area contributed by atoms with Crippen LogP contribution in [0.25, 0.3) is 0 Å². The van der Waals surface area contributed by atoms with E-state index in [9.17, 15) is 14.4 Å². The second kappa shape index (κ2) is 9.82. The van der Waals surface area contributed by atoms with Crippen LogP contribution >= 0.6 is 0 Å². The molecule has 4 N–H and O–H groups in total. The number of aryl methyl sites for hydroxylation is 1. The third-order valence-electron chi connectivity index (χ3n) is 7.61. The van der Waals surface area contributed by atoms with Gasteiger partial charge < -0.3 is 21.1 Å². The van der Waals surface area contributed by atoms with Crippen molar-refractivity contribution >= 4 is 23.5 Å². The first-order valence-corrected chi connectivity index (χ1v) is 12.4. The fourth-order valence-corrected chi connectivity index (χ4v) is 5.88. The van der Waals surface area contributed by atoms with Crippen LogP contribution < -0.4 is 11.1 Å². The number of hydrogen-bond donors (Lipinski definition) is 3. The molecule has 2 aromatic carbocycles. The van der Waals surface area contributed by atoms with Crippen LogP contribution in [-0.4, -0.2) is 40.9 Å². The van der Waals surface area contributed by atoms with E-state index in [2.05, 4.69) is 19.2 Å². The van der Waals surface area contributed by atoms with Crippen molar-refractivity contribution in [1.82, 2.24) is 4.90 Å². The minimum absolute atomic E-state index is 0.0297. The number of carboxylic acids is 1. The second-order valence-corrected chi connectivity index (χ2v) is 10.6. The van der Waals surface area contributed by atoms with Gasteiger partial charge in [0.15, 0.2) is 0 Å². The monoisotopic (exact) mass is 477 g/mol. The van der Waals surface area contributed by atoms with Crippen molar-refractivity contribution < 1.29 is 19.5 Å². The molecule has 0 spiro atoms. The molecular formula is C28H35N3O4. The Bertz CT molecular complexity index is 1120. The summed E-state index contributed by atoms with van der Waals surface area (Å²) in [5, 5.41) is 12.1. The highest BCUT2D eigenvalue weighted by Gasteiger charge is 2.45. The fraction of sp³-hybridized carbons (Fsp3) is 0.464. The average molecular weight is 478 g/mol. The van der Waals surface area contributed by atoms with Gasteiger partial charge in [0.05, 0.1) is 5.56 Å². The zero-order chi connectivity index (χ0) is 25.3. The van der Waals surface area contributed by atoms with Crippen molar-refractivity contribution in [2.75, 3.05) is 18.4 Å². The van der Waals surface area contributed by atoms with Crippen LogP contribution in [0.2, 0.25) is 0 Å². The normalized spacial score (nSPS) is 23.3. The Morgan fingerprint density at radius 2 is 1.71 bits per heavy atom. The molecule has 2 aliphatic rings. The number of anilines is 1. The molecule has 7 nitrogen and oxygen atoms in total. The third-order valence-corrected chi connectivity index (χ3v) is 7.61. The summed E-state index contributed by atoms with van der Waals surface area (Å²) in [7, 11) is 0. The van der Waals surface area contributed by atoms with E-state index in [4.69, 9.17) is 10.8 Å². The Morgan fingerprint density at radius 3 is 2.31 bits per heavy atom. The minimum atomic E-state index is -1.03. The number of hydrogen-bond acceptors (Lipinski definition) is 4. The number of carbonyl (C=O) groups excluding carboxylic acids is 2. The first kappa shape index (κ1) is 24.9. The predicted molar refractivity (Wildman–Crippen MR) is 135 cm³/mol. The number of aromatic carboxylic acids is 1. The molecule has 1 unspecified atom stereocenters. The molecule has 1 atom stereocenters. The molecule has 1 aliphatic carbocycles. The van der Waals surface area contributed by atoms with E-state index >= 15 is 0 Å². The van der Waals surface area contributed by atoms with Crippen LogP contribution in [0.15, 0.2) is 42.5 Å². The van der Waals surface area contributed by atoms with E-state index in [1.165, 1.54) is 12.1 Å². The number of benzene rings is 2. The summed E-state index contributed by atoms with van der Waals surface area (Å²) < 4.78 is 0. The Hall–Kier alpha value is -3.19. The maximum atomic E-state index is 13.9. The lowest BCUT2D eigenvalue weighted by Crippen LogP contribution is -2.53. The van der Waals surface area contributed by atoms with Crippen molar-refractivity contribution in [3.63, 3.8) is 0 Å². The lowest BCUT2D eigenvalue weighted by molar-refractivity contribution is -0.145. The first-order valence-electron chi connectivity index (χ1n) is 12.4. The van der Waals surface area contributed by atoms with Crippen LogP contribution in [0.3, 0.4) is 0 Å². The fourth-order valence-electron chi connectivity index (χ4n) is 5.88. The predicted octanol–water partition coefficient (Wildman–Crippen LogP) is 4.26. The van der Waals surface area contributed by atoms with Gasteiger partial charge in [-0.05, 0) is 86.0 Å². The van der Waals surface area contributed by atoms with Gasteiger partial charge in [0.2, 0.25) is 5.91 Å². The van der Waals surface area contributed by atoms with Crippen LogP contribution in [0.5, 0.6) is 0 Å². The average Bonchev–Trinajstić information content (AvgIpc) is 2.83. The number of fused-ring (bicyclic) bond motifs is 1. The highest BCUT2D eigenvalue weighted by Crippen LogP contribution is 2.43. The van der Waals surface area contributed by atoms with E-state index in [0.717, 1.165) is 42.4 Å². The van der Waals surface area contributed by atoms with Crippen LogP contribution in [0.4, 0.5) is 5.69 Å². The van der Waals surface area contributed by atoms with Crippen molar-refractivity contribution in [3.8, 4) is 0 Å². The maximum Gasteiger partial charge on any atom is 0.335 e. The largest absolute Gasteiger partial charge is 0.478 e. The molecule has 2 aromatic rings. The molecule has 0 radical (unpaired) electrons. The van der Waals surface area contributed by atoms with Gasteiger partial charge in [0, 0.05) is 23.6 Å². The molecule has 4 rings (SSSR count). The highest BCUT2D eigenvalue weighted by molar-refractivity contribution is 5.99. The van der Waals surface area contributed by atoms with Gasteiger partial charge >= 0.3 is 5.97 Å². The van der Waals surface area contributed by atoms with Gasteiger partial charge in [-0.3, -0.25) is 9.59 Å². The van der Waals surface area contributed by atoms with E-state index in [1.807, 2.05) is 25.1 Å².